The van der Waals surface area contributed by atoms with Crippen LogP contribution in [-0.4, -0.2) is 33.3 Å². The number of carbonyl (C=O) groups excluding carboxylic acids is 1. The molecule has 0 saturated heterocycles. The molecular formula is C24H25ClN2O4S. The second kappa shape index (κ2) is 10.3. The van der Waals surface area contributed by atoms with Crippen molar-refractivity contribution in [2.45, 2.75) is 31.9 Å². The Labute approximate surface area is 196 Å². The number of hydrogen-bond donors (Lipinski definition) is 2. The van der Waals surface area contributed by atoms with E-state index in [1.165, 1.54) is 18.7 Å². The first kappa shape index (κ1) is 24.0. The van der Waals surface area contributed by atoms with E-state index in [1.807, 2.05) is 43.3 Å². The molecule has 0 spiro atoms. The lowest BCUT2D eigenvalue weighted by atomic mass is 9.73. The van der Waals surface area contributed by atoms with Crippen molar-refractivity contribution in [2.75, 3.05) is 11.1 Å². The van der Waals surface area contributed by atoms with E-state index < -0.39 is 23.5 Å². The average Bonchev–Trinajstić information content (AvgIpc) is 2.77. The molecule has 32 heavy (non-hydrogen) atoms. The molecule has 2 N–H and O–H groups in total. The zero-order chi connectivity index (χ0) is 23.3. The first-order chi connectivity index (χ1) is 15.3. The van der Waals surface area contributed by atoms with Crippen LogP contribution in [0.3, 0.4) is 0 Å². The Morgan fingerprint density at radius 1 is 1.28 bits per heavy atom. The van der Waals surface area contributed by atoms with Crippen LogP contribution < -0.4 is 5.32 Å². The summed E-state index contributed by atoms with van der Waals surface area (Å²) in [7, 11) is 0. The Balaban J connectivity index is 2.02. The van der Waals surface area contributed by atoms with E-state index >= 15 is 0 Å². The van der Waals surface area contributed by atoms with Crippen molar-refractivity contribution >= 4 is 41.0 Å². The highest BCUT2D eigenvalue weighted by Gasteiger charge is 2.55. The molecule has 3 atom stereocenters. The molecule has 0 fully saturated rings. The topological polar surface area (TPSA) is 92.5 Å². The van der Waals surface area contributed by atoms with E-state index in [0.717, 1.165) is 5.56 Å². The van der Waals surface area contributed by atoms with Gasteiger partial charge >= 0.3 is 0 Å². The third-order valence-electron chi connectivity index (χ3n) is 5.57. The maximum atomic E-state index is 13.1. The quantitative estimate of drug-likeness (QED) is 0.415. The summed E-state index contributed by atoms with van der Waals surface area (Å²) < 4.78 is 0. The summed E-state index contributed by atoms with van der Waals surface area (Å²) in [4.78, 5) is 25.4. The second-order valence-electron chi connectivity index (χ2n) is 7.67. The SMILES string of the molecule is CCSC1=C(C(=O)Nc2ccc(Cl)cc2)C(O)CC(/C=C/c2ccccc2)C1(C)[N+](=O)[O-]. The number of benzene rings is 2. The highest BCUT2D eigenvalue weighted by molar-refractivity contribution is 8.03. The molecule has 168 valence electrons. The van der Waals surface area contributed by atoms with Crippen molar-refractivity contribution in [2.24, 2.45) is 5.92 Å². The third-order valence-corrected chi connectivity index (χ3v) is 7.03. The molecule has 0 aromatic heterocycles. The van der Waals surface area contributed by atoms with Crippen LogP contribution in [0.5, 0.6) is 0 Å². The summed E-state index contributed by atoms with van der Waals surface area (Å²) in [5.74, 6) is -0.610. The van der Waals surface area contributed by atoms with Gasteiger partial charge in [0.05, 0.1) is 22.5 Å². The molecular weight excluding hydrogens is 448 g/mol. The molecule has 3 rings (SSSR count). The zero-order valence-electron chi connectivity index (χ0n) is 17.8. The van der Waals surface area contributed by atoms with Crippen molar-refractivity contribution in [3.05, 3.63) is 91.9 Å². The Morgan fingerprint density at radius 3 is 2.53 bits per heavy atom. The van der Waals surface area contributed by atoms with Crippen molar-refractivity contribution in [3.63, 3.8) is 0 Å². The fraction of sp³-hybridized carbons (Fsp3) is 0.292. The number of nitrogens with zero attached hydrogens (tertiary/aromatic N) is 1. The number of carbonyl (C=O) groups is 1. The van der Waals surface area contributed by atoms with Gasteiger partial charge in [-0.05, 0) is 42.0 Å². The van der Waals surface area contributed by atoms with E-state index in [-0.39, 0.29) is 21.8 Å². The van der Waals surface area contributed by atoms with Crippen LogP contribution in [0, 0.1) is 16.0 Å². The largest absolute Gasteiger partial charge is 0.388 e. The van der Waals surface area contributed by atoms with Gasteiger partial charge in [-0.25, -0.2) is 0 Å². The Hall–Kier alpha value is -2.61. The number of aliphatic hydroxyl groups is 1. The minimum absolute atomic E-state index is 0.0513. The summed E-state index contributed by atoms with van der Waals surface area (Å²) in [6, 6.07) is 16.0. The number of thioether (sulfide) groups is 1. The van der Waals surface area contributed by atoms with E-state index in [0.29, 0.717) is 16.5 Å². The van der Waals surface area contributed by atoms with Gasteiger partial charge in [0.15, 0.2) is 0 Å². The van der Waals surface area contributed by atoms with Crippen LogP contribution in [0.1, 0.15) is 25.8 Å². The van der Waals surface area contributed by atoms with Crippen molar-refractivity contribution in [1.29, 1.82) is 0 Å². The predicted octanol–water partition coefficient (Wildman–Crippen LogP) is 5.42. The van der Waals surface area contributed by atoms with Gasteiger partial charge in [0, 0.05) is 22.6 Å². The first-order valence-electron chi connectivity index (χ1n) is 10.3. The summed E-state index contributed by atoms with van der Waals surface area (Å²) in [5.41, 5.74) is -0.0884. The molecule has 1 aliphatic carbocycles. The van der Waals surface area contributed by atoms with Crippen molar-refractivity contribution < 1.29 is 14.8 Å². The molecule has 0 saturated carbocycles. The Bertz CT molecular complexity index is 1040. The van der Waals surface area contributed by atoms with Gasteiger partial charge in [0.2, 0.25) is 0 Å². The standard InChI is InChI=1S/C24H25ClN2O4S/c1-3-32-22-21(23(29)26-19-13-11-18(25)12-14-19)20(28)15-17(24(22,2)27(30)31)10-9-16-7-5-4-6-8-16/h4-14,17,20,28H,3,15H2,1-2H3,(H,26,29)/b10-9+. The lowest BCUT2D eigenvalue weighted by Gasteiger charge is -2.37. The van der Waals surface area contributed by atoms with Crippen LogP contribution in [0.15, 0.2) is 71.2 Å². The van der Waals surface area contributed by atoms with Gasteiger partial charge in [0.25, 0.3) is 11.4 Å². The number of amides is 1. The number of halogens is 1. The van der Waals surface area contributed by atoms with Crippen LogP contribution in [-0.2, 0) is 4.79 Å². The molecule has 1 amide bonds. The maximum absolute atomic E-state index is 13.1. The summed E-state index contributed by atoms with van der Waals surface area (Å²) in [5, 5.41) is 26.5. The van der Waals surface area contributed by atoms with Crippen molar-refractivity contribution in [1.82, 2.24) is 0 Å². The fourth-order valence-electron chi connectivity index (χ4n) is 3.81. The summed E-state index contributed by atoms with van der Waals surface area (Å²) in [6.07, 6.45) is 2.53. The minimum Gasteiger partial charge on any atom is -0.388 e. The first-order valence-corrected chi connectivity index (χ1v) is 11.6. The van der Waals surface area contributed by atoms with Crippen LogP contribution >= 0.6 is 23.4 Å². The van der Waals surface area contributed by atoms with E-state index in [2.05, 4.69) is 5.32 Å². The number of rotatable bonds is 7. The Kier molecular flexibility index (Phi) is 7.77. The molecule has 0 radical (unpaired) electrons. The summed E-state index contributed by atoms with van der Waals surface area (Å²) in [6.45, 7) is 3.40. The summed E-state index contributed by atoms with van der Waals surface area (Å²) >= 11 is 7.13. The zero-order valence-corrected chi connectivity index (χ0v) is 19.4. The molecule has 2 aromatic rings. The van der Waals surface area contributed by atoms with Gasteiger partial charge in [0.1, 0.15) is 0 Å². The minimum atomic E-state index is -1.54. The number of anilines is 1. The van der Waals surface area contributed by atoms with Gasteiger partial charge in [-0.1, -0.05) is 61.0 Å². The third kappa shape index (κ3) is 5.06. The molecule has 0 bridgehead atoms. The monoisotopic (exact) mass is 472 g/mol. The smallest absolute Gasteiger partial charge is 0.256 e. The van der Waals surface area contributed by atoms with Crippen molar-refractivity contribution in [3.8, 4) is 0 Å². The van der Waals surface area contributed by atoms with Crippen LogP contribution in [0.25, 0.3) is 6.08 Å². The number of nitro groups is 1. The van der Waals surface area contributed by atoms with E-state index in [1.54, 1.807) is 30.3 Å². The molecule has 3 unspecified atom stereocenters. The van der Waals surface area contributed by atoms with E-state index in [4.69, 9.17) is 11.6 Å². The van der Waals surface area contributed by atoms with Crippen LogP contribution in [0.2, 0.25) is 5.02 Å². The number of hydrogen-bond acceptors (Lipinski definition) is 5. The molecule has 1 aliphatic rings. The molecule has 0 aliphatic heterocycles. The predicted molar refractivity (Wildman–Crippen MR) is 130 cm³/mol. The highest BCUT2D eigenvalue weighted by Crippen LogP contribution is 2.47. The van der Waals surface area contributed by atoms with Gasteiger partial charge in [-0.15, -0.1) is 11.8 Å². The second-order valence-corrected chi connectivity index (χ2v) is 9.38. The number of nitrogens with one attached hydrogen (secondary N) is 1. The lowest BCUT2D eigenvalue weighted by Crippen LogP contribution is -2.50. The highest BCUT2D eigenvalue weighted by atomic mass is 35.5. The van der Waals surface area contributed by atoms with E-state index in [9.17, 15) is 20.0 Å². The Morgan fingerprint density at radius 2 is 1.94 bits per heavy atom. The fourth-order valence-corrected chi connectivity index (χ4v) is 5.13. The normalized spacial score (nSPS) is 23.4. The van der Waals surface area contributed by atoms with Gasteiger partial charge in [-0.2, -0.15) is 0 Å². The molecule has 8 heteroatoms. The molecule has 0 heterocycles. The van der Waals surface area contributed by atoms with Gasteiger partial charge < -0.3 is 10.4 Å². The maximum Gasteiger partial charge on any atom is 0.256 e. The molecule has 6 nitrogen and oxygen atoms in total. The lowest BCUT2D eigenvalue weighted by molar-refractivity contribution is -0.561. The average molecular weight is 473 g/mol. The molecule has 2 aromatic carbocycles. The van der Waals surface area contributed by atoms with Crippen LogP contribution in [0.4, 0.5) is 5.69 Å². The number of aliphatic hydroxyl groups excluding tert-OH is 1. The van der Waals surface area contributed by atoms with Gasteiger partial charge in [-0.3, -0.25) is 14.9 Å².